The van der Waals surface area contributed by atoms with E-state index in [1.807, 2.05) is 36.4 Å². The Morgan fingerprint density at radius 2 is 2.07 bits per heavy atom. The molecule has 2 amide bonds. The van der Waals surface area contributed by atoms with Crippen LogP contribution < -0.4 is 21.1 Å². The number of benzene rings is 2. The first-order chi connectivity index (χ1) is 13.0. The lowest BCUT2D eigenvalue weighted by atomic mass is 10.1. The third-order valence-electron chi connectivity index (χ3n) is 4.18. The van der Waals surface area contributed by atoms with Crippen molar-refractivity contribution in [2.24, 2.45) is 5.73 Å². The van der Waals surface area contributed by atoms with E-state index in [0.717, 1.165) is 17.0 Å². The average molecular weight is 367 g/mol. The molecule has 27 heavy (non-hydrogen) atoms. The molecule has 0 aliphatic rings. The quantitative estimate of drug-likeness (QED) is 0.507. The molecular weight excluding hydrogens is 346 g/mol. The number of hydrogen-bond donors (Lipinski definition) is 4. The molecule has 0 radical (unpaired) electrons. The zero-order valence-electron chi connectivity index (χ0n) is 15.1. The first kappa shape index (κ1) is 18.2. The molecule has 0 saturated heterocycles. The standard InChI is InChI=1S/C19H21N5O3/c1-11(18(20)25)22-19(26)17-15-7-6-13(9-16(15)23-24-17)21-10-12-4-3-5-14(8-12)27-2/h3-9,11,21H,10H2,1-2H3,(H2,20,25)(H,22,26)(H,23,24)/t11-/m0/s1. The molecule has 0 aliphatic heterocycles. The lowest BCUT2D eigenvalue weighted by Gasteiger charge is -2.09. The first-order valence-electron chi connectivity index (χ1n) is 8.43. The molecule has 0 aliphatic carbocycles. The Morgan fingerprint density at radius 1 is 1.26 bits per heavy atom. The lowest BCUT2D eigenvalue weighted by molar-refractivity contribution is -0.119. The fraction of sp³-hybridized carbons (Fsp3) is 0.211. The number of carbonyl (C=O) groups excluding carboxylic acids is 2. The Kier molecular flexibility index (Phi) is 5.25. The van der Waals surface area contributed by atoms with Gasteiger partial charge in [0, 0.05) is 17.6 Å². The Bertz CT molecular complexity index is 982. The van der Waals surface area contributed by atoms with Crippen molar-refractivity contribution in [3.63, 3.8) is 0 Å². The molecule has 5 N–H and O–H groups in total. The average Bonchev–Trinajstić information content (AvgIpc) is 3.09. The Hall–Kier alpha value is -3.55. The van der Waals surface area contributed by atoms with Crippen LogP contribution in [0.15, 0.2) is 42.5 Å². The van der Waals surface area contributed by atoms with E-state index in [1.54, 1.807) is 13.2 Å². The van der Waals surface area contributed by atoms with Gasteiger partial charge in [-0.1, -0.05) is 12.1 Å². The molecule has 1 atom stereocenters. The summed E-state index contributed by atoms with van der Waals surface area (Å²) in [5.74, 6) is -0.254. The van der Waals surface area contributed by atoms with E-state index in [9.17, 15) is 9.59 Å². The maximum absolute atomic E-state index is 12.3. The third kappa shape index (κ3) is 4.17. The van der Waals surface area contributed by atoms with E-state index < -0.39 is 17.9 Å². The number of aromatic amines is 1. The van der Waals surface area contributed by atoms with Crippen LogP contribution in [0.1, 0.15) is 23.0 Å². The van der Waals surface area contributed by atoms with Crippen molar-refractivity contribution in [2.45, 2.75) is 19.5 Å². The maximum atomic E-state index is 12.3. The molecule has 0 unspecified atom stereocenters. The molecule has 0 bridgehead atoms. The predicted molar refractivity (Wildman–Crippen MR) is 103 cm³/mol. The zero-order chi connectivity index (χ0) is 19.4. The van der Waals surface area contributed by atoms with Gasteiger partial charge < -0.3 is 21.1 Å². The Morgan fingerprint density at radius 3 is 2.81 bits per heavy atom. The molecule has 0 spiro atoms. The van der Waals surface area contributed by atoms with Gasteiger partial charge >= 0.3 is 0 Å². The van der Waals surface area contributed by atoms with Crippen molar-refractivity contribution in [3.8, 4) is 5.75 Å². The number of primary amides is 1. The first-order valence-corrected chi connectivity index (χ1v) is 8.43. The number of carbonyl (C=O) groups is 2. The number of ether oxygens (including phenoxy) is 1. The van der Waals surface area contributed by atoms with Crippen LogP contribution in [0.4, 0.5) is 5.69 Å². The van der Waals surface area contributed by atoms with Crippen LogP contribution in [-0.2, 0) is 11.3 Å². The van der Waals surface area contributed by atoms with E-state index in [4.69, 9.17) is 10.5 Å². The number of aromatic nitrogens is 2. The van der Waals surface area contributed by atoms with Crippen molar-refractivity contribution >= 4 is 28.4 Å². The summed E-state index contributed by atoms with van der Waals surface area (Å²) < 4.78 is 5.22. The van der Waals surface area contributed by atoms with E-state index in [1.165, 1.54) is 6.92 Å². The van der Waals surface area contributed by atoms with Gasteiger partial charge in [-0.2, -0.15) is 5.10 Å². The molecule has 2 aromatic carbocycles. The summed E-state index contributed by atoms with van der Waals surface area (Å²) in [7, 11) is 1.64. The van der Waals surface area contributed by atoms with E-state index in [-0.39, 0.29) is 5.69 Å². The molecule has 8 nitrogen and oxygen atoms in total. The summed E-state index contributed by atoms with van der Waals surface area (Å²) in [6.07, 6.45) is 0. The van der Waals surface area contributed by atoms with Gasteiger partial charge in [0.05, 0.1) is 12.6 Å². The molecule has 8 heteroatoms. The topological polar surface area (TPSA) is 122 Å². The van der Waals surface area contributed by atoms with Crippen LogP contribution in [0.25, 0.3) is 10.9 Å². The fourth-order valence-corrected chi connectivity index (χ4v) is 2.63. The number of rotatable bonds is 7. The minimum atomic E-state index is -0.770. The van der Waals surface area contributed by atoms with E-state index in [0.29, 0.717) is 17.4 Å². The van der Waals surface area contributed by atoms with Crippen LogP contribution >= 0.6 is 0 Å². The zero-order valence-corrected chi connectivity index (χ0v) is 15.1. The van der Waals surface area contributed by atoms with Crippen molar-refractivity contribution in [3.05, 3.63) is 53.7 Å². The number of amides is 2. The van der Waals surface area contributed by atoms with Crippen molar-refractivity contribution < 1.29 is 14.3 Å². The van der Waals surface area contributed by atoms with Gasteiger partial charge in [-0.15, -0.1) is 0 Å². The normalized spacial score (nSPS) is 11.8. The maximum Gasteiger partial charge on any atom is 0.273 e. The number of nitrogens with one attached hydrogen (secondary N) is 3. The molecule has 3 aromatic rings. The van der Waals surface area contributed by atoms with E-state index in [2.05, 4.69) is 20.8 Å². The Balaban J connectivity index is 1.73. The van der Waals surface area contributed by atoms with Gasteiger partial charge in [0.15, 0.2) is 5.69 Å². The fourth-order valence-electron chi connectivity index (χ4n) is 2.63. The minimum Gasteiger partial charge on any atom is -0.497 e. The van der Waals surface area contributed by atoms with Crippen LogP contribution in [0.2, 0.25) is 0 Å². The largest absolute Gasteiger partial charge is 0.497 e. The number of nitrogens with zero attached hydrogens (tertiary/aromatic N) is 1. The van der Waals surface area contributed by atoms with Crippen LogP contribution in [-0.4, -0.2) is 35.2 Å². The highest BCUT2D eigenvalue weighted by Gasteiger charge is 2.18. The summed E-state index contributed by atoms with van der Waals surface area (Å²) in [5, 5.41) is 13.4. The molecule has 0 fully saturated rings. The minimum absolute atomic E-state index is 0.220. The highest BCUT2D eigenvalue weighted by Crippen LogP contribution is 2.21. The molecule has 140 valence electrons. The number of nitrogens with two attached hydrogens (primary N) is 1. The highest BCUT2D eigenvalue weighted by atomic mass is 16.5. The number of H-pyrrole nitrogens is 1. The summed E-state index contributed by atoms with van der Waals surface area (Å²) in [6.45, 7) is 2.15. The second-order valence-corrected chi connectivity index (χ2v) is 6.14. The monoisotopic (exact) mass is 367 g/mol. The van der Waals surface area contributed by atoms with Gasteiger partial charge in [-0.25, -0.2) is 0 Å². The summed E-state index contributed by atoms with van der Waals surface area (Å²) in [5.41, 5.74) is 8.07. The third-order valence-corrected chi connectivity index (χ3v) is 4.18. The van der Waals surface area contributed by atoms with Crippen LogP contribution in [0.3, 0.4) is 0 Å². The predicted octanol–water partition coefficient (Wildman–Crippen LogP) is 1.79. The van der Waals surface area contributed by atoms with Crippen LogP contribution in [0.5, 0.6) is 5.75 Å². The number of methoxy groups -OCH3 is 1. The lowest BCUT2D eigenvalue weighted by Crippen LogP contribution is -2.42. The number of anilines is 1. The van der Waals surface area contributed by atoms with Gasteiger partial charge in [0.1, 0.15) is 11.8 Å². The highest BCUT2D eigenvalue weighted by molar-refractivity contribution is 6.06. The number of fused-ring (bicyclic) bond motifs is 1. The van der Waals surface area contributed by atoms with Crippen molar-refractivity contribution in [2.75, 3.05) is 12.4 Å². The van der Waals surface area contributed by atoms with Gasteiger partial charge in [0.25, 0.3) is 5.91 Å². The molecule has 0 saturated carbocycles. The van der Waals surface area contributed by atoms with Gasteiger partial charge in [-0.05, 0) is 42.8 Å². The summed E-state index contributed by atoms with van der Waals surface area (Å²) >= 11 is 0. The smallest absolute Gasteiger partial charge is 0.273 e. The summed E-state index contributed by atoms with van der Waals surface area (Å²) in [4.78, 5) is 23.4. The van der Waals surface area contributed by atoms with Gasteiger partial charge in [0.2, 0.25) is 5.91 Å². The molecular formula is C19H21N5O3. The molecule has 1 heterocycles. The van der Waals surface area contributed by atoms with Crippen molar-refractivity contribution in [1.29, 1.82) is 0 Å². The molecule has 3 rings (SSSR count). The Labute approximate surface area is 156 Å². The second-order valence-electron chi connectivity index (χ2n) is 6.14. The van der Waals surface area contributed by atoms with E-state index >= 15 is 0 Å². The SMILES string of the molecule is COc1cccc(CNc2ccc3c(C(=O)N[C@@H](C)C(N)=O)n[nH]c3c2)c1. The molecule has 1 aromatic heterocycles. The van der Waals surface area contributed by atoms with Gasteiger partial charge in [-0.3, -0.25) is 14.7 Å². The summed E-state index contributed by atoms with van der Waals surface area (Å²) in [6, 6.07) is 12.6. The van der Waals surface area contributed by atoms with Crippen molar-refractivity contribution in [1.82, 2.24) is 15.5 Å². The van der Waals surface area contributed by atoms with Crippen LogP contribution in [0, 0.1) is 0 Å². The number of hydrogen-bond acceptors (Lipinski definition) is 5. The second kappa shape index (κ2) is 7.77.